The van der Waals surface area contributed by atoms with Gasteiger partial charge in [-0.2, -0.15) is 5.26 Å². The summed E-state index contributed by atoms with van der Waals surface area (Å²) in [5.41, 5.74) is 1.80. The largest absolute Gasteiger partial charge is 0.492 e. The molecule has 0 spiro atoms. The molecule has 0 atom stereocenters. The van der Waals surface area contributed by atoms with Gasteiger partial charge in [0.05, 0.1) is 17.9 Å². The average molecular weight is 392 g/mol. The molecular formula is C22H20N2O3S. The maximum absolute atomic E-state index is 12.5. The van der Waals surface area contributed by atoms with Gasteiger partial charge in [0.25, 0.3) is 0 Å². The van der Waals surface area contributed by atoms with E-state index in [2.05, 4.69) is 24.9 Å². The lowest BCUT2D eigenvalue weighted by Gasteiger charge is -2.10. The van der Waals surface area contributed by atoms with Crippen molar-refractivity contribution in [3.63, 3.8) is 0 Å². The van der Waals surface area contributed by atoms with E-state index in [0.717, 1.165) is 5.56 Å². The van der Waals surface area contributed by atoms with Crippen molar-refractivity contribution >= 4 is 17.3 Å². The standard InChI is InChI=1S/C22H20N2O3S/c1-14(2)13-26-19-10-9-16(11-17(19)12-23)21-24-15(3)20(28-21)22(25)27-18-7-5-4-6-8-18/h4-11,14H,13H2,1-3H3. The Labute approximate surface area is 168 Å². The molecule has 2 aromatic carbocycles. The third-order valence-electron chi connectivity index (χ3n) is 3.85. The summed E-state index contributed by atoms with van der Waals surface area (Å²) >= 11 is 1.25. The molecule has 0 aliphatic carbocycles. The number of thiazole rings is 1. The normalized spacial score (nSPS) is 10.5. The smallest absolute Gasteiger partial charge is 0.355 e. The highest BCUT2D eigenvalue weighted by Crippen LogP contribution is 2.32. The third-order valence-corrected chi connectivity index (χ3v) is 5.04. The first-order valence-corrected chi connectivity index (χ1v) is 9.71. The molecule has 3 aromatic rings. The Hall–Kier alpha value is -3.17. The van der Waals surface area contributed by atoms with E-state index in [0.29, 0.717) is 45.2 Å². The lowest BCUT2D eigenvalue weighted by atomic mass is 10.1. The Balaban J connectivity index is 1.84. The molecule has 0 saturated carbocycles. The number of hydrogen-bond acceptors (Lipinski definition) is 6. The van der Waals surface area contributed by atoms with Crippen LogP contribution in [0.1, 0.15) is 34.8 Å². The Morgan fingerprint density at radius 2 is 1.96 bits per heavy atom. The Kier molecular flexibility index (Phi) is 6.07. The second-order valence-electron chi connectivity index (χ2n) is 6.66. The first-order valence-electron chi connectivity index (χ1n) is 8.90. The number of carbonyl (C=O) groups excluding carboxylic acids is 1. The van der Waals surface area contributed by atoms with Gasteiger partial charge >= 0.3 is 5.97 Å². The molecule has 1 heterocycles. The summed E-state index contributed by atoms with van der Waals surface area (Å²) in [6, 6.07) is 16.4. The number of benzene rings is 2. The van der Waals surface area contributed by atoms with Gasteiger partial charge < -0.3 is 9.47 Å². The summed E-state index contributed by atoms with van der Waals surface area (Å²) in [5.74, 6) is 0.966. The monoisotopic (exact) mass is 392 g/mol. The number of rotatable bonds is 6. The van der Waals surface area contributed by atoms with Crippen LogP contribution >= 0.6 is 11.3 Å². The first kappa shape index (κ1) is 19.6. The molecular weight excluding hydrogens is 372 g/mol. The van der Waals surface area contributed by atoms with Crippen molar-refractivity contribution in [3.05, 3.63) is 64.7 Å². The minimum absolute atomic E-state index is 0.367. The van der Waals surface area contributed by atoms with Crippen LogP contribution in [0.3, 0.4) is 0 Å². The van der Waals surface area contributed by atoms with E-state index in [1.165, 1.54) is 11.3 Å². The van der Waals surface area contributed by atoms with Crippen LogP contribution in [0.5, 0.6) is 11.5 Å². The number of nitriles is 1. The fourth-order valence-corrected chi connectivity index (χ4v) is 3.42. The summed E-state index contributed by atoms with van der Waals surface area (Å²) in [4.78, 5) is 17.4. The van der Waals surface area contributed by atoms with Crippen LogP contribution in [0.15, 0.2) is 48.5 Å². The topological polar surface area (TPSA) is 72.2 Å². The SMILES string of the molecule is Cc1nc(-c2ccc(OCC(C)C)c(C#N)c2)sc1C(=O)Oc1ccccc1. The van der Waals surface area contributed by atoms with Crippen LogP contribution in [0.4, 0.5) is 0 Å². The summed E-state index contributed by atoms with van der Waals surface area (Å²) in [7, 11) is 0. The summed E-state index contributed by atoms with van der Waals surface area (Å²) in [5, 5.41) is 10.1. The highest BCUT2D eigenvalue weighted by molar-refractivity contribution is 7.17. The zero-order valence-corrected chi connectivity index (χ0v) is 16.7. The van der Waals surface area contributed by atoms with Gasteiger partial charge in [0.1, 0.15) is 27.5 Å². The predicted molar refractivity (Wildman–Crippen MR) is 109 cm³/mol. The van der Waals surface area contributed by atoms with E-state index in [9.17, 15) is 10.1 Å². The van der Waals surface area contributed by atoms with Crippen LogP contribution in [-0.4, -0.2) is 17.6 Å². The van der Waals surface area contributed by atoms with Gasteiger partial charge in [0, 0.05) is 5.56 Å². The Morgan fingerprint density at radius 1 is 1.21 bits per heavy atom. The Bertz CT molecular complexity index is 1020. The van der Waals surface area contributed by atoms with Crippen LogP contribution in [0.2, 0.25) is 0 Å². The molecule has 0 radical (unpaired) electrons. The van der Waals surface area contributed by atoms with Crippen molar-refractivity contribution in [2.75, 3.05) is 6.61 Å². The highest BCUT2D eigenvalue weighted by atomic mass is 32.1. The number of carbonyl (C=O) groups is 1. The number of ether oxygens (including phenoxy) is 2. The van der Waals surface area contributed by atoms with E-state index in [1.54, 1.807) is 43.3 Å². The molecule has 1 aromatic heterocycles. The first-order chi connectivity index (χ1) is 13.5. The lowest BCUT2D eigenvalue weighted by Crippen LogP contribution is -2.07. The van der Waals surface area contributed by atoms with Gasteiger partial charge in [-0.15, -0.1) is 11.3 Å². The fraction of sp³-hybridized carbons (Fsp3) is 0.227. The molecule has 5 nitrogen and oxygen atoms in total. The van der Waals surface area contributed by atoms with E-state index in [1.807, 2.05) is 12.1 Å². The maximum atomic E-state index is 12.5. The summed E-state index contributed by atoms with van der Waals surface area (Å²) in [6.45, 7) is 6.41. The minimum atomic E-state index is -0.440. The van der Waals surface area contributed by atoms with Crippen molar-refractivity contribution in [2.24, 2.45) is 5.92 Å². The summed E-state index contributed by atoms with van der Waals surface area (Å²) < 4.78 is 11.1. The van der Waals surface area contributed by atoms with Crippen molar-refractivity contribution in [1.29, 1.82) is 5.26 Å². The molecule has 3 rings (SSSR count). The highest BCUT2D eigenvalue weighted by Gasteiger charge is 2.19. The van der Waals surface area contributed by atoms with Crippen molar-refractivity contribution < 1.29 is 14.3 Å². The molecule has 28 heavy (non-hydrogen) atoms. The fourth-order valence-electron chi connectivity index (χ4n) is 2.48. The molecule has 0 amide bonds. The number of para-hydroxylation sites is 1. The predicted octanol–water partition coefficient (Wildman–Crippen LogP) is 5.24. The molecule has 0 unspecified atom stereocenters. The number of hydrogen-bond donors (Lipinski definition) is 0. The number of nitrogens with zero attached hydrogens (tertiary/aromatic N) is 2. The quantitative estimate of drug-likeness (QED) is 0.423. The average Bonchev–Trinajstić information content (AvgIpc) is 3.08. The van der Waals surface area contributed by atoms with E-state index >= 15 is 0 Å². The molecule has 0 saturated heterocycles. The van der Waals surface area contributed by atoms with Crippen LogP contribution in [-0.2, 0) is 0 Å². The number of aryl methyl sites for hydroxylation is 1. The summed E-state index contributed by atoms with van der Waals surface area (Å²) in [6.07, 6.45) is 0. The molecule has 0 aliphatic heterocycles. The van der Waals surface area contributed by atoms with Gasteiger partial charge in [0.15, 0.2) is 0 Å². The molecule has 6 heteroatoms. The van der Waals surface area contributed by atoms with Crippen LogP contribution < -0.4 is 9.47 Å². The van der Waals surface area contributed by atoms with Gasteiger partial charge in [-0.3, -0.25) is 0 Å². The second-order valence-corrected chi connectivity index (χ2v) is 7.66. The van der Waals surface area contributed by atoms with Gasteiger partial charge in [-0.25, -0.2) is 9.78 Å². The van der Waals surface area contributed by atoms with Crippen LogP contribution in [0.25, 0.3) is 10.6 Å². The van der Waals surface area contributed by atoms with Gasteiger partial charge in [0.2, 0.25) is 0 Å². The van der Waals surface area contributed by atoms with Crippen molar-refractivity contribution in [3.8, 4) is 28.1 Å². The number of aromatic nitrogens is 1. The van der Waals surface area contributed by atoms with Gasteiger partial charge in [-0.05, 0) is 43.2 Å². The number of esters is 1. The molecule has 142 valence electrons. The molecule has 0 N–H and O–H groups in total. The molecule has 0 aliphatic rings. The van der Waals surface area contributed by atoms with E-state index < -0.39 is 5.97 Å². The minimum Gasteiger partial charge on any atom is -0.492 e. The van der Waals surface area contributed by atoms with Crippen molar-refractivity contribution in [2.45, 2.75) is 20.8 Å². The third kappa shape index (κ3) is 4.56. The lowest BCUT2D eigenvalue weighted by molar-refractivity contribution is 0.0739. The Morgan fingerprint density at radius 3 is 2.64 bits per heavy atom. The maximum Gasteiger partial charge on any atom is 0.355 e. The van der Waals surface area contributed by atoms with E-state index in [-0.39, 0.29) is 0 Å². The molecule has 0 fully saturated rings. The van der Waals surface area contributed by atoms with Gasteiger partial charge in [-0.1, -0.05) is 32.0 Å². The van der Waals surface area contributed by atoms with E-state index in [4.69, 9.17) is 9.47 Å². The van der Waals surface area contributed by atoms with Crippen LogP contribution in [0, 0.1) is 24.2 Å². The molecule has 0 bridgehead atoms. The van der Waals surface area contributed by atoms with Crippen molar-refractivity contribution in [1.82, 2.24) is 4.98 Å². The zero-order valence-electron chi connectivity index (χ0n) is 15.9. The zero-order chi connectivity index (χ0) is 20.1. The second kappa shape index (κ2) is 8.68.